The Bertz CT molecular complexity index is 333. The highest BCUT2D eigenvalue weighted by atomic mass is 28.3. The molecule has 0 radical (unpaired) electrons. The summed E-state index contributed by atoms with van der Waals surface area (Å²) in [5.74, 6) is 1.02. The Kier molecular flexibility index (Phi) is 4.47. The average Bonchev–Trinajstić information content (AvgIpc) is 2.65. The maximum atomic E-state index is 5.54. The molecule has 1 aromatic rings. The Morgan fingerprint density at radius 3 is 1.82 bits per heavy atom. The molecule has 0 fully saturated rings. The molecule has 0 aromatic carbocycles. The zero-order valence-corrected chi connectivity index (χ0v) is 13.3. The van der Waals surface area contributed by atoms with Crippen LogP contribution in [-0.4, -0.2) is 19.6 Å². The Balaban J connectivity index is 3.42. The maximum absolute atomic E-state index is 5.54. The zero-order valence-electron chi connectivity index (χ0n) is 12.3. The van der Waals surface area contributed by atoms with Gasteiger partial charge in [0.05, 0.1) is 7.11 Å². The Hall–Kier alpha value is -0.703. The first-order chi connectivity index (χ1) is 7.88. The van der Waals surface area contributed by atoms with Crippen LogP contribution in [-0.2, 0) is 0 Å². The molecule has 1 aromatic heterocycles. The molecule has 17 heavy (non-hydrogen) atoms. The number of aromatic nitrogens is 1. The van der Waals surface area contributed by atoms with Crippen LogP contribution in [0.2, 0.25) is 16.6 Å². The van der Waals surface area contributed by atoms with Gasteiger partial charge in [-0.25, -0.2) is 0 Å². The molecule has 0 bridgehead atoms. The van der Waals surface area contributed by atoms with Gasteiger partial charge in [-0.05, 0) is 35.0 Å². The predicted molar refractivity (Wildman–Crippen MR) is 77.4 cm³/mol. The molecule has 2 nitrogen and oxygen atoms in total. The van der Waals surface area contributed by atoms with Crippen molar-refractivity contribution in [3.63, 3.8) is 0 Å². The lowest BCUT2D eigenvalue weighted by Crippen LogP contribution is -2.51. The third-order valence-corrected chi connectivity index (χ3v) is 10.9. The highest BCUT2D eigenvalue weighted by Crippen LogP contribution is 2.44. The van der Waals surface area contributed by atoms with E-state index in [0.29, 0.717) is 16.6 Å². The number of methoxy groups -OCH3 is 1. The van der Waals surface area contributed by atoms with E-state index in [1.807, 2.05) is 0 Å². The molecule has 0 aliphatic carbocycles. The fourth-order valence-electron chi connectivity index (χ4n) is 3.69. The van der Waals surface area contributed by atoms with E-state index in [9.17, 15) is 0 Å². The van der Waals surface area contributed by atoms with Crippen molar-refractivity contribution in [3.05, 3.63) is 18.3 Å². The molecular formula is C14H27NOSi. The van der Waals surface area contributed by atoms with E-state index in [1.165, 1.54) is 0 Å². The first kappa shape index (κ1) is 14.4. The van der Waals surface area contributed by atoms with E-state index < -0.39 is 8.24 Å². The van der Waals surface area contributed by atoms with Crippen LogP contribution in [0.4, 0.5) is 0 Å². The molecule has 1 heterocycles. The molecule has 0 saturated heterocycles. The van der Waals surface area contributed by atoms with Crippen molar-refractivity contribution in [3.8, 4) is 5.88 Å². The van der Waals surface area contributed by atoms with Crippen LogP contribution in [0.5, 0.6) is 5.88 Å². The van der Waals surface area contributed by atoms with Gasteiger partial charge in [-0.2, -0.15) is 0 Å². The summed E-state index contributed by atoms with van der Waals surface area (Å²) in [5.41, 5.74) is 2.09. The second kappa shape index (κ2) is 5.30. The summed E-state index contributed by atoms with van der Waals surface area (Å²) in [6, 6.07) is 4.18. The number of hydrogen-bond acceptors (Lipinski definition) is 1. The molecule has 98 valence electrons. The molecule has 0 aliphatic rings. The summed E-state index contributed by atoms with van der Waals surface area (Å²) < 4.78 is 8.00. The normalized spacial score (nSPS) is 12.8. The first-order valence-electron chi connectivity index (χ1n) is 6.60. The molecule has 0 aliphatic heterocycles. The fraction of sp³-hybridized carbons (Fsp3) is 0.714. The van der Waals surface area contributed by atoms with Crippen LogP contribution < -0.4 is 4.74 Å². The van der Waals surface area contributed by atoms with Crippen LogP contribution in [0, 0.1) is 0 Å². The Morgan fingerprint density at radius 2 is 1.47 bits per heavy atom. The minimum atomic E-state index is -1.63. The first-order valence-corrected chi connectivity index (χ1v) is 8.78. The summed E-state index contributed by atoms with van der Waals surface area (Å²) >= 11 is 0. The zero-order chi connectivity index (χ0) is 13.2. The third-order valence-electron chi connectivity index (χ3n) is 4.11. The second-order valence-electron chi connectivity index (χ2n) is 5.77. The van der Waals surface area contributed by atoms with Crippen LogP contribution in [0.15, 0.2) is 18.3 Å². The van der Waals surface area contributed by atoms with Gasteiger partial charge >= 0.3 is 0 Å². The van der Waals surface area contributed by atoms with Gasteiger partial charge in [0.1, 0.15) is 0 Å². The van der Waals surface area contributed by atoms with Gasteiger partial charge in [0.25, 0.3) is 0 Å². The molecule has 0 amide bonds. The number of nitrogens with zero attached hydrogens (tertiary/aromatic N) is 1. The minimum absolute atomic E-state index is 0.698. The summed E-state index contributed by atoms with van der Waals surface area (Å²) in [7, 11) is 0.144. The average molecular weight is 253 g/mol. The van der Waals surface area contributed by atoms with Crippen molar-refractivity contribution in [1.82, 2.24) is 4.23 Å². The molecule has 0 N–H and O–H groups in total. The molecule has 3 heteroatoms. The second-order valence-corrected chi connectivity index (χ2v) is 11.5. The van der Waals surface area contributed by atoms with Crippen molar-refractivity contribution in [2.75, 3.05) is 7.11 Å². The molecule has 0 unspecified atom stereocenters. The van der Waals surface area contributed by atoms with E-state index in [2.05, 4.69) is 64.1 Å². The van der Waals surface area contributed by atoms with Gasteiger partial charge in [-0.3, -0.25) is 0 Å². The van der Waals surface area contributed by atoms with Gasteiger partial charge in [-0.15, -0.1) is 0 Å². The Labute approximate surface area is 107 Å². The smallest absolute Gasteiger partial charge is 0.184 e. The monoisotopic (exact) mass is 253 g/mol. The summed E-state index contributed by atoms with van der Waals surface area (Å²) in [4.78, 5) is 0. The molecule has 0 saturated carbocycles. The number of rotatable bonds is 5. The van der Waals surface area contributed by atoms with Gasteiger partial charge in [0.2, 0.25) is 0 Å². The summed E-state index contributed by atoms with van der Waals surface area (Å²) in [6.45, 7) is 14.2. The number of ether oxygens (including phenoxy) is 1. The van der Waals surface area contributed by atoms with Gasteiger partial charge < -0.3 is 8.97 Å². The van der Waals surface area contributed by atoms with Crippen LogP contribution >= 0.6 is 0 Å². The summed E-state index contributed by atoms with van der Waals surface area (Å²) in [5, 5.41) is 0. The summed E-state index contributed by atoms with van der Waals surface area (Å²) in [6.07, 6.45) is 2.21. The van der Waals surface area contributed by atoms with Gasteiger partial charge in [0, 0.05) is 0 Å². The highest BCUT2D eigenvalue weighted by Gasteiger charge is 2.46. The van der Waals surface area contributed by atoms with Gasteiger partial charge in [-0.1, -0.05) is 41.5 Å². The quantitative estimate of drug-likeness (QED) is 0.704. The van der Waals surface area contributed by atoms with E-state index in [0.717, 1.165) is 5.88 Å². The standard InChI is InChI=1S/C14H27NOSi/c1-11(2)17(12(3)4,13(5)6)15-10-8-9-14(15)16-7/h8-13H,1-7H3. The minimum Gasteiger partial charge on any atom is -0.483 e. The lowest BCUT2D eigenvalue weighted by Gasteiger charge is -2.44. The molecule has 0 atom stereocenters. The largest absolute Gasteiger partial charge is 0.483 e. The van der Waals surface area contributed by atoms with Crippen LogP contribution in [0.3, 0.4) is 0 Å². The molecule has 1 rings (SSSR count). The fourth-order valence-corrected chi connectivity index (χ4v) is 10.2. The van der Waals surface area contributed by atoms with Crippen LogP contribution in [0.25, 0.3) is 0 Å². The maximum Gasteiger partial charge on any atom is 0.184 e. The predicted octanol–water partition coefficient (Wildman–Crippen LogP) is 4.52. The topological polar surface area (TPSA) is 14.2 Å². The van der Waals surface area contributed by atoms with Crippen molar-refractivity contribution in [2.45, 2.75) is 58.2 Å². The van der Waals surface area contributed by atoms with Crippen molar-refractivity contribution >= 4 is 8.24 Å². The van der Waals surface area contributed by atoms with E-state index in [-0.39, 0.29) is 0 Å². The van der Waals surface area contributed by atoms with Gasteiger partial charge in [0.15, 0.2) is 14.1 Å². The third kappa shape index (κ3) is 2.17. The lowest BCUT2D eigenvalue weighted by atomic mass is 10.5. The van der Waals surface area contributed by atoms with E-state index >= 15 is 0 Å². The van der Waals surface area contributed by atoms with Crippen molar-refractivity contribution < 1.29 is 4.74 Å². The lowest BCUT2D eigenvalue weighted by molar-refractivity contribution is 0.390. The Morgan fingerprint density at radius 1 is 1.00 bits per heavy atom. The van der Waals surface area contributed by atoms with Crippen molar-refractivity contribution in [1.29, 1.82) is 0 Å². The van der Waals surface area contributed by atoms with Crippen molar-refractivity contribution in [2.24, 2.45) is 0 Å². The highest BCUT2D eigenvalue weighted by molar-refractivity contribution is 6.82. The number of hydrogen-bond donors (Lipinski definition) is 0. The molecular weight excluding hydrogens is 226 g/mol. The van der Waals surface area contributed by atoms with E-state index in [4.69, 9.17) is 4.74 Å². The van der Waals surface area contributed by atoms with E-state index in [1.54, 1.807) is 7.11 Å². The SMILES string of the molecule is COc1cccn1[Si](C(C)C)(C(C)C)C(C)C. The molecule has 0 spiro atoms. The van der Waals surface area contributed by atoms with Crippen LogP contribution in [0.1, 0.15) is 41.5 Å².